The maximum Gasteiger partial charge on any atom is 0.203 e. The van der Waals surface area contributed by atoms with Gasteiger partial charge < -0.3 is 39.1 Å². The number of nitrogens with one attached hydrogen (secondary N) is 2. The normalized spacial score (nSPS) is 17.9. The van der Waals surface area contributed by atoms with Gasteiger partial charge in [-0.15, -0.1) is 0 Å². The van der Waals surface area contributed by atoms with E-state index < -0.39 is 6.04 Å². The highest BCUT2D eigenvalue weighted by Gasteiger charge is 2.38. The zero-order chi connectivity index (χ0) is 28.4. The lowest BCUT2D eigenvalue weighted by molar-refractivity contribution is -0.116. The lowest BCUT2D eigenvalue weighted by Gasteiger charge is -2.31. The molecule has 40 heavy (non-hydrogen) atoms. The lowest BCUT2D eigenvalue weighted by atomic mass is 9.78. The van der Waals surface area contributed by atoms with Crippen LogP contribution in [-0.4, -0.2) is 48.4 Å². The maximum absolute atomic E-state index is 14.1. The standard InChI is InChI=1S/C31H34N2O7/c1-35-24-12-11-19(29(38-4)31(24)40-6)28-27-22(32-20-9-7-8-10-21(20)33-28)13-17(14-23(27)34)18-15-25(36-2)30(39-5)26(16-18)37-3/h7-12,15-17,28,32-33H,13-14H2,1-6H3/t17-,28-/m0/s1. The zero-order valence-electron chi connectivity index (χ0n) is 23.5. The van der Waals surface area contributed by atoms with Gasteiger partial charge >= 0.3 is 0 Å². The Kier molecular flexibility index (Phi) is 7.64. The van der Waals surface area contributed by atoms with Crippen LogP contribution in [0.1, 0.15) is 35.9 Å². The fourth-order valence-corrected chi connectivity index (χ4v) is 5.65. The number of allylic oxidation sites excluding steroid dienone is 1. The van der Waals surface area contributed by atoms with E-state index in [-0.39, 0.29) is 11.7 Å². The highest BCUT2D eigenvalue weighted by atomic mass is 16.5. The van der Waals surface area contributed by atoms with Gasteiger partial charge in [-0.3, -0.25) is 4.79 Å². The summed E-state index contributed by atoms with van der Waals surface area (Å²) >= 11 is 0. The molecule has 2 N–H and O–H groups in total. The van der Waals surface area contributed by atoms with Gasteiger partial charge in [-0.1, -0.05) is 12.1 Å². The quantitative estimate of drug-likeness (QED) is 0.368. The number of hydrogen-bond donors (Lipinski definition) is 2. The van der Waals surface area contributed by atoms with Crippen molar-refractivity contribution in [3.8, 4) is 34.5 Å². The average molecular weight is 547 g/mol. The van der Waals surface area contributed by atoms with Crippen molar-refractivity contribution in [2.24, 2.45) is 0 Å². The summed E-state index contributed by atoms with van der Waals surface area (Å²) in [6, 6.07) is 15.0. The molecule has 210 valence electrons. The van der Waals surface area contributed by atoms with Crippen LogP contribution in [0.25, 0.3) is 0 Å². The smallest absolute Gasteiger partial charge is 0.203 e. The first kappa shape index (κ1) is 27.1. The molecule has 1 aliphatic heterocycles. The minimum Gasteiger partial charge on any atom is -0.493 e. The first-order valence-electron chi connectivity index (χ1n) is 12.9. The van der Waals surface area contributed by atoms with E-state index in [0.717, 1.165) is 28.2 Å². The van der Waals surface area contributed by atoms with Gasteiger partial charge in [0, 0.05) is 23.3 Å². The monoisotopic (exact) mass is 546 g/mol. The van der Waals surface area contributed by atoms with E-state index in [0.29, 0.717) is 52.9 Å². The summed E-state index contributed by atoms with van der Waals surface area (Å²) < 4.78 is 33.7. The zero-order valence-corrected chi connectivity index (χ0v) is 23.5. The van der Waals surface area contributed by atoms with Crippen LogP contribution in [-0.2, 0) is 4.79 Å². The fourth-order valence-electron chi connectivity index (χ4n) is 5.65. The van der Waals surface area contributed by atoms with Gasteiger partial charge in [0.05, 0.1) is 60.1 Å². The molecule has 0 saturated heterocycles. The highest BCUT2D eigenvalue weighted by Crippen LogP contribution is 2.50. The van der Waals surface area contributed by atoms with Crippen LogP contribution in [0.2, 0.25) is 0 Å². The van der Waals surface area contributed by atoms with Crippen LogP contribution in [0.15, 0.2) is 59.8 Å². The minimum atomic E-state index is -0.491. The number of ether oxygens (including phenoxy) is 6. The molecule has 1 aliphatic carbocycles. The molecule has 0 saturated carbocycles. The molecule has 2 atom stereocenters. The first-order valence-corrected chi connectivity index (χ1v) is 12.9. The molecule has 1 heterocycles. The third-order valence-corrected chi connectivity index (χ3v) is 7.51. The predicted molar refractivity (Wildman–Crippen MR) is 153 cm³/mol. The number of benzene rings is 3. The Morgan fingerprint density at radius 3 is 1.90 bits per heavy atom. The van der Waals surface area contributed by atoms with Crippen LogP contribution in [0.3, 0.4) is 0 Å². The molecule has 0 bridgehead atoms. The Balaban J connectivity index is 1.65. The van der Waals surface area contributed by atoms with E-state index in [2.05, 4.69) is 10.6 Å². The fraction of sp³-hybridized carbons (Fsp3) is 0.323. The molecule has 3 aromatic carbocycles. The Bertz CT molecular complexity index is 1440. The number of Topliss-reactive ketones (excluding diaryl/α,β-unsaturated/α-hetero) is 1. The van der Waals surface area contributed by atoms with Crippen LogP contribution < -0.4 is 39.1 Å². The van der Waals surface area contributed by atoms with Crippen molar-refractivity contribution < 1.29 is 33.2 Å². The summed E-state index contributed by atoms with van der Waals surface area (Å²) in [5.41, 5.74) is 4.96. The van der Waals surface area contributed by atoms with Crippen LogP contribution in [0.4, 0.5) is 11.4 Å². The van der Waals surface area contributed by atoms with E-state index in [9.17, 15) is 4.79 Å². The highest BCUT2D eigenvalue weighted by molar-refractivity contribution is 6.01. The molecule has 0 amide bonds. The number of rotatable bonds is 8. The molecule has 5 rings (SSSR count). The first-order chi connectivity index (χ1) is 19.5. The molecule has 3 aromatic rings. The summed E-state index contributed by atoms with van der Waals surface area (Å²) in [6.07, 6.45) is 0.908. The van der Waals surface area contributed by atoms with E-state index >= 15 is 0 Å². The predicted octanol–water partition coefficient (Wildman–Crippen LogP) is 5.72. The number of fused-ring (bicyclic) bond motifs is 1. The van der Waals surface area contributed by atoms with Crippen molar-refractivity contribution in [2.75, 3.05) is 53.3 Å². The van der Waals surface area contributed by atoms with E-state index in [1.54, 1.807) is 42.7 Å². The van der Waals surface area contributed by atoms with Crippen molar-refractivity contribution in [3.05, 3.63) is 70.9 Å². The SMILES string of the molecule is COc1cc([C@@H]2CC(=O)C3=C(C2)Nc2ccccc2N[C@H]3c2ccc(OC)c(OC)c2OC)cc(OC)c1OC. The Morgan fingerprint density at radius 2 is 1.30 bits per heavy atom. The number of carbonyl (C=O) groups excluding carboxylic acids is 1. The molecule has 9 heteroatoms. The maximum atomic E-state index is 14.1. The third-order valence-electron chi connectivity index (χ3n) is 7.51. The van der Waals surface area contributed by atoms with Gasteiger partial charge in [0.2, 0.25) is 11.5 Å². The van der Waals surface area contributed by atoms with Crippen LogP contribution in [0, 0.1) is 0 Å². The Morgan fingerprint density at radius 1 is 0.675 bits per heavy atom. The molecular formula is C31H34N2O7. The molecule has 0 spiro atoms. The Hall–Kier alpha value is -4.53. The molecule has 0 radical (unpaired) electrons. The van der Waals surface area contributed by atoms with Crippen LogP contribution >= 0.6 is 0 Å². The van der Waals surface area contributed by atoms with Crippen molar-refractivity contribution in [1.29, 1.82) is 0 Å². The second-order valence-electron chi connectivity index (χ2n) is 9.55. The lowest BCUT2D eigenvalue weighted by Crippen LogP contribution is -2.27. The molecule has 0 fully saturated rings. The van der Waals surface area contributed by atoms with E-state index in [4.69, 9.17) is 28.4 Å². The number of hydrogen-bond acceptors (Lipinski definition) is 9. The summed E-state index contributed by atoms with van der Waals surface area (Å²) in [5, 5.41) is 7.17. The number of para-hydroxylation sites is 2. The van der Waals surface area contributed by atoms with Gasteiger partial charge in [0.1, 0.15) is 0 Å². The van der Waals surface area contributed by atoms with Gasteiger partial charge in [-0.25, -0.2) is 0 Å². The second kappa shape index (κ2) is 11.3. The van der Waals surface area contributed by atoms with Crippen molar-refractivity contribution in [1.82, 2.24) is 0 Å². The van der Waals surface area contributed by atoms with Crippen molar-refractivity contribution in [3.63, 3.8) is 0 Å². The second-order valence-corrected chi connectivity index (χ2v) is 9.55. The summed E-state index contributed by atoms with van der Waals surface area (Å²) in [6.45, 7) is 0. The number of methoxy groups -OCH3 is 6. The number of anilines is 2. The molecule has 0 unspecified atom stereocenters. The van der Waals surface area contributed by atoms with Gasteiger partial charge in [-0.05, 0) is 54.3 Å². The molecule has 0 aromatic heterocycles. The third kappa shape index (κ3) is 4.61. The van der Waals surface area contributed by atoms with Crippen molar-refractivity contribution >= 4 is 17.2 Å². The molecule has 9 nitrogen and oxygen atoms in total. The Labute approximate surface area is 234 Å². The largest absolute Gasteiger partial charge is 0.493 e. The summed E-state index contributed by atoms with van der Waals surface area (Å²) in [4.78, 5) is 14.1. The van der Waals surface area contributed by atoms with Gasteiger partial charge in [-0.2, -0.15) is 0 Å². The van der Waals surface area contributed by atoms with E-state index in [1.807, 2.05) is 48.5 Å². The topological polar surface area (TPSA) is 96.5 Å². The van der Waals surface area contributed by atoms with Crippen LogP contribution in [0.5, 0.6) is 34.5 Å². The number of ketones is 1. The summed E-state index contributed by atoms with van der Waals surface area (Å²) in [7, 11) is 9.48. The minimum absolute atomic E-state index is 0.0228. The number of carbonyl (C=O) groups is 1. The van der Waals surface area contributed by atoms with E-state index in [1.165, 1.54) is 0 Å². The molecule has 2 aliphatic rings. The molecular weight excluding hydrogens is 512 g/mol. The summed E-state index contributed by atoms with van der Waals surface area (Å²) in [5.74, 6) is 3.06. The van der Waals surface area contributed by atoms with Gasteiger partial charge in [0.25, 0.3) is 0 Å². The van der Waals surface area contributed by atoms with Crippen molar-refractivity contribution in [2.45, 2.75) is 24.8 Å². The average Bonchev–Trinajstić information content (AvgIpc) is 3.16. The van der Waals surface area contributed by atoms with Gasteiger partial charge in [0.15, 0.2) is 28.8 Å².